The van der Waals surface area contributed by atoms with Crippen molar-refractivity contribution in [2.24, 2.45) is 0 Å². The second kappa shape index (κ2) is 14.4. The minimum Gasteiger partial charge on any atom is -0.381 e. The Morgan fingerprint density at radius 3 is 2.54 bits per heavy atom. The number of rotatable bonds is 9. The van der Waals surface area contributed by atoms with Gasteiger partial charge in [0.2, 0.25) is 17.8 Å². The number of anilines is 4. The summed E-state index contributed by atoms with van der Waals surface area (Å²) >= 11 is 0. The predicted molar refractivity (Wildman–Crippen MR) is 195 cm³/mol. The van der Waals surface area contributed by atoms with Crippen molar-refractivity contribution in [3.8, 4) is 0 Å². The van der Waals surface area contributed by atoms with E-state index in [1.165, 1.54) is 0 Å². The Labute approximate surface area is 302 Å². The van der Waals surface area contributed by atoms with Gasteiger partial charge in [-0.05, 0) is 44.7 Å². The van der Waals surface area contributed by atoms with E-state index in [1.807, 2.05) is 40.0 Å². The Kier molecular flexibility index (Phi) is 9.49. The molecule has 0 spiro atoms. The number of carbonyl (C=O) groups excluding carboxylic acids is 2. The zero-order valence-electron chi connectivity index (χ0n) is 30.0. The SMILES string of the molecule is COC1CCN(c2nccc(Nc3cc4c(cn3)c(N3CCN(Cc5ccc6c(c5F)CN(C5CCC(=O)NC5=O)C6)CC3)nn4C(C)C)n2)CC1. The third-order valence-electron chi connectivity index (χ3n) is 10.9. The fourth-order valence-electron chi connectivity index (χ4n) is 7.94. The van der Waals surface area contributed by atoms with Crippen molar-refractivity contribution in [3.63, 3.8) is 0 Å². The summed E-state index contributed by atoms with van der Waals surface area (Å²) in [6.07, 6.45) is 6.64. The van der Waals surface area contributed by atoms with Crippen LogP contribution in [0.3, 0.4) is 0 Å². The summed E-state index contributed by atoms with van der Waals surface area (Å²) in [5.74, 6) is 2.26. The number of imide groups is 1. The highest BCUT2D eigenvalue weighted by Crippen LogP contribution is 2.33. The van der Waals surface area contributed by atoms with E-state index in [2.05, 4.69) is 44.2 Å². The zero-order chi connectivity index (χ0) is 35.9. The number of piperidine rings is 2. The van der Waals surface area contributed by atoms with Crippen LogP contribution in [-0.4, -0.2) is 105 Å². The van der Waals surface area contributed by atoms with E-state index in [4.69, 9.17) is 19.8 Å². The maximum atomic E-state index is 15.9. The standard InChI is InChI=1S/C37H46FN11O3/c1-23(2)49-30-18-32(41-31-8-11-39-37(42-31)47-12-9-26(52-3)10-13-47)40-19-27(30)35(44-49)46-16-14-45(15-17-46)20-25-5-4-24-21-48(22-28(24)34(25)38)29-6-7-33(50)43-36(29)51/h4-5,8,11,18-19,23,26,29H,6-7,9-10,12-17,20-22H2,1-3H3,(H,43,50,51)(H,39,40,41,42). The number of amides is 2. The minimum atomic E-state index is -0.407. The van der Waals surface area contributed by atoms with Crippen molar-refractivity contribution in [1.82, 2.24) is 39.8 Å². The van der Waals surface area contributed by atoms with Gasteiger partial charge in [0.15, 0.2) is 5.82 Å². The minimum absolute atomic E-state index is 0.141. The molecule has 3 aromatic heterocycles. The molecule has 1 unspecified atom stereocenters. The molecule has 1 atom stereocenters. The molecule has 14 nitrogen and oxygen atoms in total. The van der Waals surface area contributed by atoms with E-state index in [0.717, 1.165) is 74.4 Å². The molecule has 2 amide bonds. The number of benzene rings is 1. The predicted octanol–water partition coefficient (Wildman–Crippen LogP) is 3.74. The number of carbonyl (C=O) groups is 2. The van der Waals surface area contributed by atoms with Crippen LogP contribution in [-0.2, 0) is 34.0 Å². The molecule has 52 heavy (non-hydrogen) atoms. The molecule has 2 N–H and O–H groups in total. The molecule has 4 aliphatic rings. The zero-order valence-corrected chi connectivity index (χ0v) is 30.0. The van der Waals surface area contributed by atoms with Crippen LogP contribution in [0.2, 0.25) is 0 Å². The lowest BCUT2D eigenvalue weighted by Gasteiger charge is -2.35. The molecular formula is C37H46FN11O3. The maximum Gasteiger partial charge on any atom is 0.243 e. The smallest absolute Gasteiger partial charge is 0.243 e. The lowest BCUT2D eigenvalue weighted by Crippen LogP contribution is -2.50. The van der Waals surface area contributed by atoms with E-state index in [1.54, 1.807) is 13.3 Å². The number of hydrogen-bond donors (Lipinski definition) is 2. The molecule has 7 heterocycles. The largest absolute Gasteiger partial charge is 0.381 e. The summed E-state index contributed by atoms with van der Waals surface area (Å²) < 4.78 is 23.4. The number of hydrogen-bond acceptors (Lipinski definition) is 12. The Morgan fingerprint density at radius 2 is 1.79 bits per heavy atom. The summed E-state index contributed by atoms with van der Waals surface area (Å²) in [5, 5.41) is 11.9. The van der Waals surface area contributed by atoms with E-state index in [-0.39, 0.29) is 29.8 Å². The Bertz CT molecular complexity index is 1970. The first-order valence-corrected chi connectivity index (χ1v) is 18.3. The monoisotopic (exact) mass is 711 g/mol. The van der Waals surface area contributed by atoms with Crippen molar-refractivity contribution in [2.75, 3.05) is 61.5 Å². The lowest BCUT2D eigenvalue weighted by atomic mass is 10.0. The molecule has 0 saturated carbocycles. The van der Waals surface area contributed by atoms with Gasteiger partial charge in [0.25, 0.3) is 0 Å². The second-order valence-corrected chi connectivity index (χ2v) is 14.5. The highest BCUT2D eigenvalue weighted by molar-refractivity contribution is 6.00. The van der Waals surface area contributed by atoms with Crippen molar-refractivity contribution < 1.29 is 18.7 Å². The van der Waals surface area contributed by atoms with E-state index >= 15 is 4.39 Å². The summed E-state index contributed by atoms with van der Waals surface area (Å²) in [5.41, 5.74) is 3.24. The number of nitrogens with one attached hydrogen (secondary N) is 2. The van der Waals surface area contributed by atoms with Crippen LogP contribution in [0.5, 0.6) is 0 Å². The number of piperazine rings is 1. The molecular weight excluding hydrogens is 665 g/mol. The van der Waals surface area contributed by atoms with Gasteiger partial charge in [0.05, 0.1) is 23.0 Å². The lowest BCUT2D eigenvalue weighted by molar-refractivity contribution is -0.137. The van der Waals surface area contributed by atoms with Crippen LogP contribution in [0.15, 0.2) is 36.7 Å². The molecule has 4 aliphatic heterocycles. The van der Waals surface area contributed by atoms with Gasteiger partial charge in [0, 0.05) is 108 Å². The first-order chi connectivity index (χ1) is 25.2. The van der Waals surface area contributed by atoms with Crippen molar-refractivity contribution in [3.05, 3.63) is 59.2 Å². The number of aromatic nitrogens is 5. The van der Waals surface area contributed by atoms with Crippen LogP contribution < -0.4 is 20.4 Å². The first-order valence-electron chi connectivity index (χ1n) is 18.3. The molecule has 0 aliphatic carbocycles. The summed E-state index contributed by atoms with van der Waals surface area (Å²) in [7, 11) is 1.77. The van der Waals surface area contributed by atoms with Gasteiger partial charge in [0.1, 0.15) is 17.5 Å². The van der Waals surface area contributed by atoms with Crippen LogP contribution in [0.25, 0.3) is 10.9 Å². The fourth-order valence-corrected chi connectivity index (χ4v) is 7.94. The second-order valence-electron chi connectivity index (χ2n) is 14.5. The highest BCUT2D eigenvalue weighted by Gasteiger charge is 2.36. The van der Waals surface area contributed by atoms with Gasteiger partial charge in [-0.1, -0.05) is 12.1 Å². The van der Waals surface area contributed by atoms with Crippen molar-refractivity contribution in [2.45, 2.75) is 77.4 Å². The molecule has 1 aromatic carbocycles. The Balaban J connectivity index is 0.920. The number of methoxy groups -OCH3 is 1. The van der Waals surface area contributed by atoms with Gasteiger partial charge in [-0.15, -0.1) is 0 Å². The molecule has 8 rings (SSSR count). The van der Waals surface area contributed by atoms with Crippen molar-refractivity contribution >= 4 is 46.1 Å². The normalized spacial score (nSPS) is 20.6. The Hall–Kier alpha value is -4.73. The average molecular weight is 712 g/mol. The average Bonchev–Trinajstić information content (AvgIpc) is 3.76. The topological polar surface area (TPSA) is 137 Å². The van der Waals surface area contributed by atoms with E-state index in [9.17, 15) is 9.59 Å². The third-order valence-corrected chi connectivity index (χ3v) is 10.9. The molecule has 0 radical (unpaired) electrons. The Morgan fingerprint density at radius 1 is 0.981 bits per heavy atom. The summed E-state index contributed by atoms with van der Waals surface area (Å²) in [6.45, 7) is 10.4. The van der Waals surface area contributed by atoms with Gasteiger partial charge >= 0.3 is 0 Å². The van der Waals surface area contributed by atoms with Gasteiger partial charge < -0.3 is 19.9 Å². The molecule has 15 heteroatoms. The number of ether oxygens (including phenoxy) is 1. The number of halogens is 1. The molecule has 3 fully saturated rings. The van der Waals surface area contributed by atoms with E-state index in [0.29, 0.717) is 61.2 Å². The highest BCUT2D eigenvalue weighted by atomic mass is 19.1. The van der Waals surface area contributed by atoms with E-state index < -0.39 is 6.04 Å². The van der Waals surface area contributed by atoms with Crippen LogP contribution in [0, 0.1) is 5.82 Å². The molecule has 3 saturated heterocycles. The van der Waals surface area contributed by atoms with Crippen molar-refractivity contribution in [1.29, 1.82) is 0 Å². The number of fused-ring (bicyclic) bond motifs is 2. The molecule has 4 aromatic rings. The van der Waals surface area contributed by atoms with Gasteiger partial charge in [-0.2, -0.15) is 10.1 Å². The molecule has 0 bridgehead atoms. The van der Waals surface area contributed by atoms with Gasteiger partial charge in [-0.3, -0.25) is 29.4 Å². The third kappa shape index (κ3) is 6.79. The number of nitrogens with zero attached hydrogens (tertiary/aromatic N) is 9. The van der Waals surface area contributed by atoms with Gasteiger partial charge in [-0.25, -0.2) is 14.4 Å². The fraction of sp³-hybridized carbons (Fsp3) is 0.514. The summed E-state index contributed by atoms with van der Waals surface area (Å²) in [4.78, 5) is 46.9. The quantitative estimate of drug-likeness (QED) is 0.245. The number of pyridine rings is 1. The molecule has 274 valence electrons. The van der Waals surface area contributed by atoms with Crippen LogP contribution >= 0.6 is 0 Å². The van der Waals surface area contributed by atoms with Crippen LogP contribution in [0.4, 0.5) is 27.8 Å². The summed E-state index contributed by atoms with van der Waals surface area (Å²) in [6, 6.07) is 7.50. The van der Waals surface area contributed by atoms with Crippen LogP contribution in [0.1, 0.15) is 62.3 Å². The first kappa shape index (κ1) is 34.4. The maximum absolute atomic E-state index is 15.9.